The van der Waals surface area contributed by atoms with Crippen LogP contribution < -0.4 is 10.1 Å². The third-order valence-electron chi connectivity index (χ3n) is 3.26. The number of ether oxygens (including phenoxy) is 1. The zero-order valence-corrected chi connectivity index (χ0v) is 12.0. The van der Waals surface area contributed by atoms with Crippen LogP contribution in [-0.4, -0.2) is 12.2 Å². The van der Waals surface area contributed by atoms with Gasteiger partial charge in [-0.25, -0.2) is 0 Å². The van der Waals surface area contributed by atoms with E-state index >= 15 is 0 Å². The number of phenols is 1. The number of anilines is 1. The van der Waals surface area contributed by atoms with Gasteiger partial charge in [0.15, 0.2) is 11.5 Å². The average molecular weight is 271 g/mol. The Morgan fingerprint density at radius 2 is 1.95 bits per heavy atom. The van der Waals surface area contributed by atoms with Gasteiger partial charge in [-0.2, -0.15) is 0 Å². The molecule has 0 aliphatic heterocycles. The second-order valence-electron chi connectivity index (χ2n) is 4.77. The van der Waals surface area contributed by atoms with Crippen molar-refractivity contribution in [3.63, 3.8) is 0 Å². The maximum Gasteiger partial charge on any atom is 0.160 e. The second kappa shape index (κ2) is 6.85. The lowest BCUT2D eigenvalue weighted by molar-refractivity contribution is 0.373. The van der Waals surface area contributed by atoms with Gasteiger partial charge in [-0.15, -0.1) is 0 Å². The van der Waals surface area contributed by atoms with Gasteiger partial charge in [0.2, 0.25) is 0 Å². The van der Waals surface area contributed by atoms with E-state index in [1.807, 2.05) is 18.2 Å². The SMILES string of the molecule is CCCc1ccccc1NCc1ccc(O)c(OC)c1. The highest BCUT2D eigenvalue weighted by Crippen LogP contribution is 2.27. The van der Waals surface area contributed by atoms with Gasteiger partial charge in [-0.3, -0.25) is 0 Å². The first-order valence-corrected chi connectivity index (χ1v) is 6.92. The molecular weight excluding hydrogens is 250 g/mol. The summed E-state index contributed by atoms with van der Waals surface area (Å²) in [5.41, 5.74) is 3.58. The summed E-state index contributed by atoms with van der Waals surface area (Å²) in [4.78, 5) is 0. The predicted molar refractivity (Wildman–Crippen MR) is 82.4 cm³/mol. The third-order valence-corrected chi connectivity index (χ3v) is 3.26. The molecule has 0 aromatic heterocycles. The minimum Gasteiger partial charge on any atom is -0.504 e. The number of methoxy groups -OCH3 is 1. The van der Waals surface area contributed by atoms with Gasteiger partial charge in [0.25, 0.3) is 0 Å². The first kappa shape index (κ1) is 14.3. The van der Waals surface area contributed by atoms with Crippen LogP contribution in [0.3, 0.4) is 0 Å². The van der Waals surface area contributed by atoms with E-state index in [9.17, 15) is 5.11 Å². The lowest BCUT2D eigenvalue weighted by Crippen LogP contribution is -2.02. The number of rotatable bonds is 6. The summed E-state index contributed by atoms with van der Waals surface area (Å²) in [6.07, 6.45) is 2.20. The highest BCUT2D eigenvalue weighted by molar-refractivity contribution is 5.52. The normalized spacial score (nSPS) is 10.3. The molecule has 0 heterocycles. The summed E-state index contributed by atoms with van der Waals surface area (Å²) >= 11 is 0. The first-order chi connectivity index (χ1) is 9.74. The minimum atomic E-state index is 0.169. The van der Waals surface area contributed by atoms with E-state index in [0.717, 1.165) is 18.4 Å². The van der Waals surface area contributed by atoms with Gasteiger partial charge in [-0.05, 0) is 35.7 Å². The average Bonchev–Trinajstić information content (AvgIpc) is 2.48. The molecule has 3 heteroatoms. The Morgan fingerprint density at radius 3 is 2.70 bits per heavy atom. The lowest BCUT2D eigenvalue weighted by atomic mass is 10.1. The molecule has 0 atom stereocenters. The van der Waals surface area contributed by atoms with Crippen molar-refractivity contribution in [2.75, 3.05) is 12.4 Å². The molecule has 0 aliphatic carbocycles. The maximum absolute atomic E-state index is 9.59. The van der Waals surface area contributed by atoms with E-state index in [4.69, 9.17) is 4.74 Å². The van der Waals surface area contributed by atoms with Crippen LogP contribution in [0.4, 0.5) is 5.69 Å². The molecule has 20 heavy (non-hydrogen) atoms. The highest BCUT2D eigenvalue weighted by atomic mass is 16.5. The van der Waals surface area contributed by atoms with Crippen molar-refractivity contribution in [2.45, 2.75) is 26.3 Å². The third kappa shape index (κ3) is 3.44. The molecule has 0 bridgehead atoms. The summed E-state index contributed by atoms with van der Waals surface area (Å²) < 4.78 is 5.12. The van der Waals surface area contributed by atoms with E-state index in [1.165, 1.54) is 11.3 Å². The standard InChI is InChI=1S/C17H21NO2/c1-3-6-14-7-4-5-8-15(14)18-12-13-9-10-16(19)17(11-13)20-2/h4-5,7-11,18-19H,3,6,12H2,1-2H3. The number of aryl methyl sites for hydroxylation is 1. The van der Waals surface area contributed by atoms with Crippen LogP contribution in [0.1, 0.15) is 24.5 Å². The first-order valence-electron chi connectivity index (χ1n) is 6.92. The van der Waals surface area contributed by atoms with Crippen molar-refractivity contribution >= 4 is 5.69 Å². The maximum atomic E-state index is 9.59. The van der Waals surface area contributed by atoms with Crippen LogP contribution >= 0.6 is 0 Å². The number of nitrogens with one attached hydrogen (secondary N) is 1. The Morgan fingerprint density at radius 1 is 1.15 bits per heavy atom. The number of phenolic OH excluding ortho intramolecular Hbond substituents is 1. The number of hydrogen-bond donors (Lipinski definition) is 2. The summed E-state index contributed by atoms with van der Waals surface area (Å²) in [7, 11) is 1.56. The van der Waals surface area contributed by atoms with Crippen LogP contribution in [0, 0.1) is 0 Å². The number of para-hydroxylation sites is 1. The zero-order chi connectivity index (χ0) is 14.4. The molecule has 0 amide bonds. The van der Waals surface area contributed by atoms with Gasteiger partial charge in [0.05, 0.1) is 7.11 Å². The molecular formula is C17H21NO2. The zero-order valence-electron chi connectivity index (χ0n) is 12.0. The van der Waals surface area contributed by atoms with Crippen molar-refractivity contribution in [2.24, 2.45) is 0 Å². The van der Waals surface area contributed by atoms with Gasteiger partial charge in [-0.1, -0.05) is 37.6 Å². The number of aromatic hydroxyl groups is 1. The smallest absolute Gasteiger partial charge is 0.160 e. The van der Waals surface area contributed by atoms with Crippen LogP contribution in [0.2, 0.25) is 0 Å². The Labute approximate surface area is 120 Å². The number of benzene rings is 2. The van der Waals surface area contributed by atoms with Crippen LogP contribution in [-0.2, 0) is 13.0 Å². The molecule has 0 unspecified atom stereocenters. The quantitative estimate of drug-likeness (QED) is 0.835. The monoisotopic (exact) mass is 271 g/mol. The van der Waals surface area contributed by atoms with Crippen molar-refractivity contribution in [3.05, 3.63) is 53.6 Å². The molecule has 106 valence electrons. The Balaban J connectivity index is 2.09. The molecule has 0 radical (unpaired) electrons. The van der Waals surface area contributed by atoms with Crippen LogP contribution in [0.15, 0.2) is 42.5 Å². The van der Waals surface area contributed by atoms with Crippen molar-refractivity contribution < 1.29 is 9.84 Å². The Hall–Kier alpha value is -2.16. The minimum absolute atomic E-state index is 0.169. The fourth-order valence-electron chi connectivity index (χ4n) is 2.21. The summed E-state index contributed by atoms with van der Waals surface area (Å²) in [5, 5.41) is 13.0. The van der Waals surface area contributed by atoms with Gasteiger partial charge < -0.3 is 15.2 Å². The molecule has 0 aliphatic rings. The van der Waals surface area contributed by atoms with E-state index in [-0.39, 0.29) is 5.75 Å². The summed E-state index contributed by atoms with van der Waals surface area (Å²) in [5.74, 6) is 0.675. The molecule has 2 aromatic carbocycles. The van der Waals surface area contributed by atoms with Gasteiger partial charge in [0.1, 0.15) is 0 Å². The van der Waals surface area contributed by atoms with Gasteiger partial charge >= 0.3 is 0 Å². The second-order valence-corrected chi connectivity index (χ2v) is 4.77. The van der Waals surface area contributed by atoms with Crippen molar-refractivity contribution in [1.82, 2.24) is 0 Å². The van der Waals surface area contributed by atoms with Gasteiger partial charge in [0, 0.05) is 12.2 Å². The largest absolute Gasteiger partial charge is 0.504 e. The Kier molecular flexibility index (Phi) is 4.88. The molecule has 2 N–H and O–H groups in total. The van der Waals surface area contributed by atoms with E-state index < -0.39 is 0 Å². The summed E-state index contributed by atoms with van der Waals surface area (Å²) in [6.45, 7) is 2.89. The van der Waals surface area contributed by atoms with Crippen LogP contribution in [0.5, 0.6) is 11.5 Å². The molecule has 0 fully saturated rings. The summed E-state index contributed by atoms with van der Waals surface area (Å²) in [6, 6.07) is 13.8. The van der Waals surface area contributed by atoms with Crippen molar-refractivity contribution in [1.29, 1.82) is 0 Å². The molecule has 0 saturated carbocycles. The van der Waals surface area contributed by atoms with Crippen molar-refractivity contribution in [3.8, 4) is 11.5 Å². The van der Waals surface area contributed by atoms with Crippen LogP contribution in [0.25, 0.3) is 0 Å². The van der Waals surface area contributed by atoms with E-state index in [1.54, 1.807) is 13.2 Å². The highest BCUT2D eigenvalue weighted by Gasteiger charge is 2.04. The molecule has 3 nitrogen and oxygen atoms in total. The predicted octanol–water partition coefficient (Wildman–Crippen LogP) is 3.97. The molecule has 0 spiro atoms. The van der Waals surface area contributed by atoms with E-state index in [0.29, 0.717) is 12.3 Å². The molecule has 2 rings (SSSR count). The fraction of sp³-hybridized carbons (Fsp3) is 0.294. The topological polar surface area (TPSA) is 41.5 Å². The fourth-order valence-corrected chi connectivity index (χ4v) is 2.21. The lowest BCUT2D eigenvalue weighted by Gasteiger charge is -2.12. The number of hydrogen-bond acceptors (Lipinski definition) is 3. The molecule has 2 aromatic rings. The molecule has 0 saturated heterocycles. The Bertz CT molecular complexity index is 567. The van der Waals surface area contributed by atoms with E-state index in [2.05, 4.69) is 30.4 Å².